The fraction of sp³-hybridized carbons (Fsp3) is 0.143. The minimum absolute atomic E-state index is 0.140. The van der Waals surface area contributed by atoms with Crippen LogP contribution in [0.5, 0.6) is 11.5 Å². The normalized spacial score (nSPS) is 13.9. The Morgan fingerprint density at radius 3 is 2.79 bits per heavy atom. The maximum Gasteiger partial charge on any atom is 0.586 e. The van der Waals surface area contributed by atoms with Gasteiger partial charge in [-0.2, -0.15) is 5.10 Å². The SMILES string of the molecule is CN(C(=O)Cn1nc(-c2cccc(Cl)c2)c2nc[nH]c2c1=O)c1ccc2c(c1)OC(F)(F)O2. The topological polar surface area (TPSA) is 102 Å². The summed E-state index contributed by atoms with van der Waals surface area (Å²) in [6.45, 7) is -0.414. The first-order valence-electron chi connectivity index (χ1n) is 9.58. The van der Waals surface area contributed by atoms with Gasteiger partial charge in [0.05, 0.1) is 6.33 Å². The van der Waals surface area contributed by atoms with Gasteiger partial charge in [-0.3, -0.25) is 9.59 Å². The molecule has 1 aliphatic rings. The predicted octanol–water partition coefficient (Wildman–Crippen LogP) is 3.42. The molecular weight excluding hydrogens is 460 g/mol. The molecule has 0 aliphatic carbocycles. The zero-order valence-corrected chi connectivity index (χ0v) is 17.6. The Morgan fingerprint density at radius 2 is 2.00 bits per heavy atom. The number of hydrogen-bond donors (Lipinski definition) is 1. The second-order valence-electron chi connectivity index (χ2n) is 7.20. The maximum atomic E-state index is 13.3. The number of alkyl halides is 2. The number of aromatic amines is 1. The molecule has 2 aromatic carbocycles. The molecule has 1 aliphatic heterocycles. The molecule has 0 bridgehead atoms. The van der Waals surface area contributed by atoms with Crippen LogP contribution >= 0.6 is 11.6 Å². The van der Waals surface area contributed by atoms with Crippen LogP contribution in [0.3, 0.4) is 0 Å². The largest absolute Gasteiger partial charge is 0.586 e. The van der Waals surface area contributed by atoms with Crippen molar-refractivity contribution in [1.29, 1.82) is 0 Å². The molecule has 0 fully saturated rings. The van der Waals surface area contributed by atoms with Gasteiger partial charge in [0, 0.05) is 29.4 Å². The minimum Gasteiger partial charge on any atom is -0.395 e. The molecule has 0 saturated heterocycles. The van der Waals surface area contributed by atoms with Crippen LogP contribution in [0.15, 0.2) is 53.6 Å². The summed E-state index contributed by atoms with van der Waals surface area (Å²) in [5.41, 5.74) is 1.24. The van der Waals surface area contributed by atoms with Crippen molar-refractivity contribution in [3.63, 3.8) is 0 Å². The number of fused-ring (bicyclic) bond motifs is 2. The number of aromatic nitrogens is 4. The van der Waals surface area contributed by atoms with Gasteiger partial charge in [-0.1, -0.05) is 23.7 Å². The number of nitrogens with one attached hydrogen (secondary N) is 1. The molecule has 2 aromatic heterocycles. The van der Waals surface area contributed by atoms with Gasteiger partial charge in [0.2, 0.25) is 5.91 Å². The van der Waals surface area contributed by atoms with Crippen LogP contribution in [-0.2, 0) is 11.3 Å². The quantitative estimate of drug-likeness (QED) is 0.487. The Balaban J connectivity index is 1.48. The average molecular weight is 474 g/mol. The van der Waals surface area contributed by atoms with Crippen molar-refractivity contribution in [1.82, 2.24) is 19.7 Å². The molecule has 0 unspecified atom stereocenters. The van der Waals surface area contributed by atoms with E-state index in [-0.39, 0.29) is 22.7 Å². The number of H-pyrrole nitrogens is 1. The average Bonchev–Trinajstić information content (AvgIpc) is 3.37. The number of amides is 1. The monoisotopic (exact) mass is 473 g/mol. The summed E-state index contributed by atoms with van der Waals surface area (Å²) in [7, 11) is 1.44. The number of carbonyl (C=O) groups is 1. The van der Waals surface area contributed by atoms with E-state index in [0.29, 0.717) is 21.8 Å². The first kappa shape index (κ1) is 20.9. The van der Waals surface area contributed by atoms with Crippen molar-refractivity contribution in [2.45, 2.75) is 12.8 Å². The molecule has 5 rings (SSSR count). The number of imidazole rings is 1. The number of likely N-dealkylation sites (N-methyl/N-ethyl adjacent to an activating group) is 1. The van der Waals surface area contributed by atoms with E-state index in [1.165, 1.54) is 36.5 Å². The van der Waals surface area contributed by atoms with Crippen molar-refractivity contribution in [2.24, 2.45) is 0 Å². The Bertz CT molecular complexity index is 1470. The number of hydrogen-bond acceptors (Lipinski definition) is 6. The lowest BCUT2D eigenvalue weighted by Crippen LogP contribution is -2.35. The number of benzene rings is 2. The molecule has 3 heterocycles. The van der Waals surface area contributed by atoms with Gasteiger partial charge >= 0.3 is 6.29 Å². The van der Waals surface area contributed by atoms with Crippen molar-refractivity contribution < 1.29 is 23.0 Å². The summed E-state index contributed by atoms with van der Waals surface area (Å²) in [5.74, 6) is -0.862. The molecule has 168 valence electrons. The predicted molar refractivity (Wildman–Crippen MR) is 115 cm³/mol. The number of anilines is 1. The summed E-state index contributed by atoms with van der Waals surface area (Å²) in [4.78, 5) is 34.0. The van der Waals surface area contributed by atoms with Gasteiger partial charge in [0.25, 0.3) is 5.56 Å². The van der Waals surface area contributed by atoms with Gasteiger partial charge in [0.15, 0.2) is 11.5 Å². The molecule has 0 saturated carbocycles. The number of nitrogens with zero attached hydrogens (tertiary/aromatic N) is 4. The standard InChI is InChI=1S/C21H14ClF2N5O4/c1-28(13-5-6-14-15(8-13)33-21(23,24)32-14)16(30)9-29-20(31)19-18(25-10-26-19)17(27-29)11-3-2-4-12(22)7-11/h2-8,10H,9H2,1H3,(H,25,26). The second-order valence-corrected chi connectivity index (χ2v) is 7.64. The van der Waals surface area contributed by atoms with E-state index in [1.54, 1.807) is 24.3 Å². The highest BCUT2D eigenvalue weighted by molar-refractivity contribution is 6.30. The summed E-state index contributed by atoms with van der Waals surface area (Å²) in [6, 6.07) is 10.8. The Morgan fingerprint density at radius 1 is 1.21 bits per heavy atom. The van der Waals surface area contributed by atoms with E-state index in [0.717, 1.165) is 4.68 Å². The van der Waals surface area contributed by atoms with Gasteiger partial charge in [-0.05, 0) is 24.3 Å². The number of halogens is 3. The fourth-order valence-electron chi connectivity index (χ4n) is 3.44. The van der Waals surface area contributed by atoms with E-state index < -0.39 is 24.3 Å². The van der Waals surface area contributed by atoms with Crippen molar-refractivity contribution in [2.75, 3.05) is 11.9 Å². The zero-order chi connectivity index (χ0) is 23.3. The fourth-order valence-corrected chi connectivity index (χ4v) is 3.63. The third kappa shape index (κ3) is 3.76. The number of carbonyl (C=O) groups excluding carboxylic acids is 1. The van der Waals surface area contributed by atoms with Gasteiger partial charge < -0.3 is 19.4 Å². The van der Waals surface area contributed by atoms with Crippen molar-refractivity contribution >= 4 is 34.2 Å². The van der Waals surface area contributed by atoms with Gasteiger partial charge in [-0.15, -0.1) is 8.78 Å². The zero-order valence-electron chi connectivity index (χ0n) is 16.9. The third-order valence-electron chi connectivity index (χ3n) is 5.06. The van der Waals surface area contributed by atoms with E-state index >= 15 is 0 Å². The molecule has 0 spiro atoms. The highest BCUT2D eigenvalue weighted by atomic mass is 35.5. The van der Waals surface area contributed by atoms with Crippen LogP contribution in [0, 0.1) is 0 Å². The summed E-state index contributed by atoms with van der Waals surface area (Å²) < 4.78 is 36.4. The lowest BCUT2D eigenvalue weighted by Gasteiger charge is -2.18. The first-order chi connectivity index (χ1) is 15.7. The van der Waals surface area contributed by atoms with Crippen LogP contribution in [0.4, 0.5) is 14.5 Å². The van der Waals surface area contributed by atoms with Crippen LogP contribution in [0.25, 0.3) is 22.3 Å². The molecule has 1 N–H and O–H groups in total. The highest BCUT2D eigenvalue weighted by Crippen LogP contribution is 2.42. The molecule has 9 nitrogen and oxygen atoms in total. The van der Waals surface area contributed by atoms with Gasteiger partial charge in [-0.25, -0.2) is 9.67 Å². The molecule has 4 aromatic rings. The molecule has 12 heteroatoms. The lowest BCUT2D eigenvalue weighted by atomic mass is 10.1. The molecule has 33 heavy (non-hydrogen) atoms. The van der Waals surface area contributed by atoms with E-state index in [4.69, 9.17) is 11.6 Å². The smallest absolute Gasteiger partial charge is 0.395 e. The molecule has 0 atom stereocenters. The summed E-state index contributed by atoms with van der Waals surface area (Å²) in [6.07, 6.45) is -2.40. The molecule has 1 amide bonds. The van der Waals surface area contributed by atoms with Gasteiger partial charge in [0.1, 0.15) is 23.3 Å². The summed E-state index contributed by atoms with van der Waals surface area (Å²) >= 11 is 6.09. The van der Waals surface area contributed by atoms with E-state index in [2.05, 4.69) is 24.5 Å². The Hall–Kier alpha value is -3.99. The Labute approximate surface area is 189 Å². The third-order valence-corrected chi connectivity index (χ3v) is 5.30. The van der Waals surface area contributed by atoms with E-state index in [1.807, 2.05) is 0 Å². The van der Waals surface area contributed by atoms with Crippen molar-refractivity contribution in [3.05, 3.63) is 64.2 Å². The Kier molecular flexibility index (Phi) is 4.78. The first-order valence-corrected chi connectivity index (χ1v) is 9.96. The van der Waals surface area contributed by atoms with Crippen LogP contribution in [0.1, 0.15) is 0 Å². The van der Waals surface area contributed by atoms with Crippen LogP contribution in [-0.4, -0.2) is 39.0 Å². The molecule has 0 radical (unpaired) electrons. The maximum absolute atomic E-state index is 13.3. The number of ether oxygens (including phenoxy) is 2. The van der Waals surface area contributed by atoms with Crippen LogP contribution < -0.4 is 19.9 Å². The second kappa shape index (κ2) is 7.55. The number of rotatable bonds is 4. The van der Waals surface area contributed by atoms with Crippen molar-refractivity contribution in [3.8, 4) is 22.8 Å². The highest BCUT2D eigenvalue weighted by Gasteiger charge is 2.43. The van der Waals surface area contributed by atoms with Crippen LogP contribution in [0.2, 0.25) is 5.02 Å². The summed E-state index contributed by atoms with van der Waals surface area (Å²) in [5, 5.41) is 4.82. The van der Waals surface area contributed by atoms with E-state index in [9.17, 15) is 18.4 Å². The lowest BCUT2D eigenvalue weighted by molar-refractivity contribution is -0.286. The minimum atomic E-state index is -3.77. The molecular formula is C21H14ClF2N5O4.